The number of rotatable bonds is 1. The van der Waals surface area contributed by atoms with Crippen molar-refractivity contribution in [3.05, 3.63) is 81.4 Å². The molecule has 6 nitrogen and oxygen atoms in total. The largest absolute Gasteiger partial charge is 0.478 e. The van der Waals surface area contributed by atoms with Crippen LogP contribution in [0, 0.1) is 5.92 Å². The van der Waals surface area contributed by atoms with Gasteiger partial charge in [0.15, 0.2) is 11.6 Å². The van der Waals surface area contributed by atoms with E-state index in [1.54, 1.807) is 12.1 Å². The quantitative estimate of drug-likeness (QED) is 0.459. The van der Waals surface area contributed by atoms with Crippen LogP contribution < -0.4 is 0 Å². The van der Waals surface area contributed by atoms with E-state index in [9.17, 15) is 29.1 Å². The van der Waals surface area contributed by atoms with Gasteiger partial charge in [-0.1, -0.05) is 12.2 Å². The maximum absolute atomic E-state index is 13.4. The molecule has 0 amide bonds. The Bertz CT molecular complexity index is 1220. The summed E-state index contributed by atoms with van der Waals surface area (Å²) in [6, 6.07) is 7.06. The fourth-order valence-corrected chi connectivity index (χ4v) is 4.56. The van der Waals surface area contributed by atoms with Crippen molar-refractivity contribution in [1.82, 2.24) is 0 Å². The Morgan fingerprint density at radius 2 is 1.34 bits per heavy atom. The van der Waals surface area contributed by atoms with Crippen LogP contribution >= 0.6 is 0 Å². The molecule has 2 aromatic carbocycles. The summed E-state index contributed by atoms with van der Waals surface area (Å²) in [5.74, 6) is -6.57. The van der Waals surface area contributed by atoms with Gasteiger partial charge in [-0.3, -0.25) is 19.2 Å². The molecule has 0 radical (unpaired) electrons. The predicted molar refractivity (Wildman–Crippen MR) is 101 cm³/mol. The van der Waals surface area contributed by atoms with E-state index < -0.39 is 40.9 Å². The highest BCUT2D eigenvalue weighted by Gasteiger charge is 2.52. The first-order valence-corrected chi connectivity index (χ1v) is 9.23. The normalized spacial score (nSPS) is 21.9. The number of hydrogen-bond acceptors (Lipinski definition) is 5. The monoisotopic (exact) mass is 386 g/mol. The number of aromatic carboxylic acids is 1. The lowest BCUT2D eigenvalue weighted by Gasteiger charge is -2.34. The minimum Gasteiger partial charge on any atom is -0.478 e. The van der Waals surface area contributed by atoms with Crippen molar-refractivity contribution in [2.45, 2.75) is 18.8 Å². The van der Waals surface area contributed by atoms with Crippen LogP contribution in [0.25, 0.3) is 0 Å². The zero-order chi connectivity index (χ0) is 20.4. The van der Waals surface area contributed by atoms with Gasteiger partial charge >= 0.3 is 5.97 Å². The first kappa shape index (κ1) is 17.4. The number of carboxylic acid groups (broad SMARTS) is 1. The van der Waals surface area contributed by atoms with Crippen molar-refractivity contribution < 1.29 is 29.1 Å². The van der Waals surface area contributed by atoms with Gasteiger partial charge in [-0.2, -0.15) is 0 Å². The number of carbonyl (C=O) groups is 5. The highest BCUT2D eigenvalue weighted by Crippen LogP contribution is 2.43. The number of carbonyl (C=O) groups excluding carboxylic acids is 4. The molecule has 0 bridgehead atoms. The van der Waals surface area contributed by atoms with Gasteiger partial charge in [-0.05, 0) is 59.9 Å². The number of benzene rings is 2. The molecule has 0 saturated heterocycles. The average molecular weight is 386 g/mol. The number of hydrogen-bond donors (Lipinski definition) is 1. The van der Waals surface area contributed by atoms with Gasteiger partial charge in [0.25, 0.3) is 0 Å². The van der Waals surface area contributed by atoms with Crippen LogP contribution in [0.4, 0.5) is 0 Å². The zero-order valence-electron chi connectivity index (χ0n) is 15.1. The number of allylic oxidation sites excluding steroid dienone is 2. The highest BCUT2D eigenvalue weighted by atomic mass is 16.4. The molecule has 29 heavy (non-hydrogen) atoms. The predicted octanol–water partition coefficient (Wildman–Crippen LogP) is 2.58. The molecule has 0 saturated carbocycles. The molecule has 2 aromatic rings. The Balaban J connectivity index is 1.75. The molecule has 1 N–H and O–H groups in total. The van der Waals surface area contributed by atoms with Crippen LogP contribution in [0.3, 0.4) is 0 Å². The van der Waals surface area contributed by atoms with Crippen LogP contribution in [0.5, 0.6) is 0 Å². The van der Waals surface area contributed by atoms with E-state index >= 15 is 0 Å². The first-order chi connectivity index (χ1) is 13.9. The molecule has 0 fully saturated rings. The Morgan fingerprint density at radius 1 is 0.759 bits per heavy atom. The maximum atomic E-state index is 13.4. The lowest BCUT2D eigenvalue weighted by atomic mass is 9.63. The number of fused-ring (bicyclic) bond motifs is 5. The molecule has 6 heteroatoms. The molecule has 0 aliphatic heterocycles. The van der Waals surface area contributed by atoms with Crippen LogP contribution in [0.15, 0.2) is 42.5 Å². The topological polar surface area (TPSA) is 106 Å². The van der Waals surface area contributed by atoms with Crippen molar-refractivity contribution in [1.29, 1.82) is 0 Å². The van der Waals surface area contributed by atoms with E-state index in [0.717, 1.165) is 11.1 Å². The molecule has 2 unspecified atom stereocenters. The minimum absolute atomic E-state index is 0.00765. The van der Waals surface area contributed by atoms with E-state index in [1.807, 2.05) is 12.2 Å². The third kappa shape index (κ3) is 2.32. The Morgan fingerprint density at radius 3 is 1.93 bits per heavy atom. The van der Waals surface area contributed by atoms with Crippen molar-refractivity contribution in [2.24, 2.45) is 5.92 Å². The van der Waals surface area contributed by atoms with Gasteiger partial charge in [0, 0.05) is 16.7 Å². The summed E-state index contributed by atoms with van der Waals surface area (Å²) in [5.41, 5.74) is 2.31. The molecule has 0 heterocycles. The summed E-state index contributed by atoms with van der Waals surface area (Å²) in [4.78, 5) is 63.3. The SMILES string of the molecule is O=C(O)c1ccc2c(c1)C1C(=O)c3cc4c(cc3C(=O)C1C(=O)C2=O)CC=CC4. The van der Waals surface area contributed by atoms with E-state index in [-0.39, 0.29) is 27.8 Å². The van der Waals surface area contributed by atoms with Crippen LogP contribution in [0.1, 0.15) is 64.0 Å². The number of Topliss-reactive ketones (excluding diaryl/α,β-unsaturated/α-hetero) is 4. The van der Waals surface area contributed by atoms with Crippen LogP contribution in [-0.4, -0.2) is 34.2 Å². The molecule has 0 aromatic heterocycles. The van der Waals surface area contributed by atoms with Crippen molar-refractivity contribution >= 4 is 29.1 Å². The van der Waals surface area contributed by atoms with Gasteiger partial charge in [0.1, 0.15) is 5.92 Å². The van der Waals surface area contributed by atoms with Gasteiger partial charge in [0.05, 0.1) is 11.5 Å². The second-order valence-electron chi connectivity index (χ2n) is 7.53. The summed E-state index contributed by atoms with van der Waals surface area (Å²) in [7, 11) is 0. The average Bonchev–Trinajstić information content (AvgIpc) is 2.73. The summed E-state index contributed by atoms with van der Waals surface area (Å²) in [6.45, 7) is 0. The maximum Gasteiger partial charge on any atom is 0.335 e. The Hall–Kier alpha value is -3.67. The van der Waals surface area contributed by atoms with Crippen LogP contribution in [0.2, 0.25) is 0 Å². The molecule has 3 aliphatic rings. The standard InChI is InChI=1S/C23H14O6/c24-19-15-7-10-3-1-2-4-11(10)8-16(15)20(25)18-17(19)14-9-12(23(28)29)5-6-13(14)21(26)22(18)27/h1-2,5-9,17-18H,3-4H2,(H,28,29). The van der Waals surface area contributed by atoms with Crippen molar-refractivity contribution in [2.75, 3.05) is 0 Å². The second-order valence-corrected chi connectivity index (χ2v) is 7.53. The Labute approximate surface area is 164 Å². The third-order valence-corrected chi connectivity index (χ3v) is 6.00. The molecule has 3 aliphatic carbocycles. The summed E-state index contributed by atoms with van der Waals surface area (Å²) >= 11 is 0. The van der Waals surface area contributed by atoms with Gasteiger partial charge in [-0.25, -0.2) is 4.79 Å². The molecule has 0 spiro atoms. The fraction of sp³-hybridized carbons (Fsp3) is 0.174. The summed E-state index contributed by atoms with van der Waals surface area (Å²) in [5, 5.41) is 9.30. The smallest absolute Gasteiger partial charge is 0.335 e. The van der Waals surface area contributed by atoms with Gasteiger partial charge in [0.2, 0.25) is 11.6 Å². The highest BCUT2D eigenvalue weighted by molar-refractivity contribution is 6.51. The lowest BCUT2D eigenvalue weighted by molar-refractivity contribution is -0.118. The first-order valence-electron chi connectivity index (χ1n) is 9.23. The van der Waals surface area contributed by atoms with Crippen molar-refractivity contribution in [3.63, 3.8) is 0 Å². The van der Waals surface area contributed by atoms with E-state index in [2.05, 4.69) is 0 Å². The van der Waals surface area contributed by atoms with Gasteiger partial charge in [-0.15, -0.1) is 0 Å². The fourth-order valence-electron chi connectivity index (χ4n) is 4.56. The number of carboxylic acids is 1. The van der Waals surface area contributed by atoms with Gasteiger partial charge < -0.3 is 5.11 Å². The Kier molecular flexibility index (Phi) is 3.55. The van der Waals surface area contributed by atoms with Crippen LogP contribution in [-0.2, 0) is 17.6 Å². The zero-order valence-corrected chi connectivity index (χ0v) is 15.1. The third-order valence-electron chi connectivity index (χ3n) is 6.00. The molecular formula is C23H14O6. The van der Waals surface area contributed by atoms with Crippen molar-refractivity contribution in [3.8, 4) is 0 Å². The number of ketones is 4. The second kappa shape index (κ2) is 5.91. The lowest BCUT2D eigenvalue weighted by Crippen LogP contribution is -2.46. The summed E-state index contributed by atoms with van der Waals surface area (Å²) in [6.07, 6.45) is 5.25. The van der Waals surface area contributed by atoms with E-state index in [1.165, 1.54) is 18.2 Å². The molecular weight excluding hydrogens is 372 g/mol. The van der Waals surface area contributed by atoms with E-state index in [0.29, 0.717) is 12.8 Å². The molecule has 142 valence electrons. The van der Waals surface area contributed by atoms with E-state index in [4.69, 9.17) is 0 Å². The molecule has 5 rings (SSSR count). The summed E-state index contributed by atoms with van der Waals surface area (Å²) < 4.78 is 0. The molecule has 2 atom stereocenters. The minimum atomic E-state index is -1.43.